The van der Waals surface area contributed by atoms with Gasteiger partial charge in [-0.1, -0.05) is 42.6 Å². The van der Waals surface area contributed by atoms with E-state index in [1.165, 1.54) is 0 Å². The molecule has 108 valence electrons. The van der Waals surface area contributed by atoms with E-state index in [2.05, 4.69) is 29.8 Å². The monoisotopic (exact) mass is 330 g/mol. The van der Waals surface area contributed by atoms with Crippen LogP contribution in [0.3, 0.4) is 0 Å². The van der Waals surface area contributed by atoms with Gasteiger partial charge in [-0.05, 0) is 5.92 Å². The van der Waals surface area contributed by atoms with E-state index in [9.17, 15) is 0 Å². The Morgan fingerprint density at radius 1 is 0.947 bits per heavy atom. The maximum atomic E-state index is 5.50. The second-order valence-electron chi connectivity index (χ2n) is 4.42. The number of alkyl halides is 1. The van der Waals surface area contributed by atoms with E-state index in [4.69, 9.17) is 14.2 Å². The molecule has 3 nitrogen and oxygen atoms in total. The first kappa shape index (κ1) is 16.2. The minimum Gasteiger partial charge on any atom is -0.496 e. The van der Waals surface area contributed by atoms with Gasteiger partial charge in [0.2, 0.25) is 0 Å². The number of methoxy groups -OCH3 is 3. The predicted molar refractivity (Wildman–Crippen MR) is 81.8 cm³/mol. The molecule has 0 radical (unpaired) electrons. The van der Waals surface area contributed by atoms with Gasteiger partial charge in [0, 0.05) is 17.0 Å². The van der Waals surface area contributed by atoms with Gasteiger partial charge in [0.05, 0.1) is 26.9 Å². The van der Waals surface area contributed by atoms with Crippen molar-refractivity contribution in [3.8, 4) is 17.2 Å². The van der Waals surface area contributed by atoms with Gasteiger partial charge in [0.25, 0.3) is 0 Å². The number of ether oxygens (including phenoxy) is 3. The number of benzene rings is 1. The summed E-state index contributed by atoms with van der Waals surface area (Å²) in [5.41, 5.74) is 1.06. The first-order valence-electron chi connectivity index (χ1n) is 6.56. The molecule has 4 heteroatoms. The molecule has 19 heavy (non-hydrogen) atoms. The van der Waals surface area contributed by atoms with Gasteiger partial charge < -0.3 is 14.2 Å². The number of hydrogen-bond acceptors (Lipinski definition) is 3. The fourth-order valence-corrected chi connectivity index (χ4v) is 3.44. The average molecular weight is 331 g/mol. The van der Waals surface area contributed by atoms with Crippen molar-refractivity contribution in [3.63, 3.8) is 0 Å². The first-order chi connectivity index (χ1) is 9.12. The summed E-state index contributed by atoms with van der Waals surface area (Å²) in [6.07, 6.45) is 2.20. The lowest BCUT2D eigenvalue weighted by molar-refractivity contribution is 0.360. The van der Waals surface area contributed by atoms with Crippen LogP contribution in [0.2, 0.25) is 0 Å². The fourth-order valence-electron chi connectivity index (χ4n) is 2.24. The standard InChI is InChI=1S/C15H23BrO3/c1-6-10(7-2)15(16)14-12(18-4)8-11(17-3)9-13(14)19-5/h8-10,15H,6-7H2,1-5H3. The molecule has 0 spiro atoms. The summed E-state index contributed by atoms with van der Waals surface area (Å²) in [4.78, 5) is 0.207. The minimum atomic E-state index is 0.207. The Morgan fingerprint density at radius 2 is 1.42 bits per heavy atom. The molecule has 0 N–H and O–H groups in total. The van der Waals surface area contributed by atoms with Gasteiger partial charge >= 0.3 is 0 Å². The highest BCUT2D eigenvalue weighted by atomic mass is 79.9. The Bertz CT molecular complexity index is 377. The summed E-state index contributed by atoms with van der Waals surface area (Å²) in [5, 5.41) is 0. The van der Waals surface area contributed by atoms with E-state index < -0.39 is 0 Å². The largest absolute Gasteiger partial charge is 0.496 e. The molecule has 0 aliphatic rings. The van der Waals surface area contributed by atoms with Gasteiger partial charge in [-0.3, -0.25) is 0 Å². The van der Waals surface area contributed by atoms with Crippen molar-refractivity contribution in [3.05, 3.63) is 17.7 Å². The first-order valence-corrected chi connectivity index (χ1v) is 7.48. The van der Waals surface area contributed by atoms with Crippen LogP contribution in [0.15, 0.2) is 12.1 Å². The van der Waals surface area contributed by atoms with E-state index >= 15 is 0 Å². The third-order valence-electron chi connectivity index (χ3n) is 3.49. The zero-order chi connectivity index (χ0) is 14.4. The van der Waals surface area contributed by atoms with Crippen molar-refractivity contribution in [2.24, 2.45) is 5.92 Å². The normalized spacial score (nSPS) is 12.4. The van der Waals surface area contributed by atoms with E-state index in [1.54, 1.807) is 21.3 Å². The van der Waals surface area contributed by atoms with E-state index in [-0.39, 0.29) is 4.83 Å². The zero-order valence-electron chi connectivity index (χ0n) is 12.3. The Morgan fingerprint density at radius 3 is 1.74 bits per heavy atom. The van der Waals surface area contributed by atoms with Crippen molar-refractivity contribution in [2.45, 2.75) is 31.5 Å². The van der Waals surface area contributed by atoms with Crippen molar-refractivity contribution < 1.29 is 14.2 Å². The molecule has 0 fully saturated rings. The maximum absolute atomic E-state index is 5.50. The Hall–Kier alpha value is -0.900. The van der Waals surface area contributed by atoms with Gasteiger partial charge in [-0.15, -0.1) is 0 Å². The zero-order valence-corrected chi connectivity index (χ0v) is 13.9. The molecular weight excluding hydrogens is 308 g/mol. The topological polar surface area (TPSA) is 27.7 Å². The number of halogens is 1. The molecule has 0 aliphatic heterocycles. The van der Waals surface area contributed by atoms with E-state index in [0.29, 0.717) is 5.92 Å². The van der Waals surface area contributed by atoms with Crippen LogP contribution < -0.4 is 14.2 Å². The van der Waals surface area contributed by atoms with Crippen molar-refractivity contribution in [2.75, 3.05) is 21.3 Å². The average Bonchev–Trinajstić information content (AvgIpc) is 2.46. The van der Waals surface area contributed by atoms with Gasteiger partial charge in [-0.25, -0.2) is 0 Å². The predicted octanol–water partition coefficient (Wildman–Crippen LogP) is 4.58. The molecule has 1 aromatic carbocycles. The van der Waals surface area contributed by atoms with Crippen LogP contribution in [0.1, 0.15) is 37.1 Å². The van der Waals surface area contributed by atoms with Gasteiger partial charge in [0.15, 0.2) is 0 Å². The SMILES string of the molecule is CCC(CC)C(Br)c1c(OC)cc(OC)cc1OC. The Kier molecular flexibility index (Phi) is 6.49. The summed E-state index contributed by atoms with van der Waals surface area (Å²) in [5.74, 6) is 2.87. The molecule has 1 atom stereocenters. The smallest absolute Gasteiger partial charge is 0.130 e. The molecule has 1 aromatic rings. The molecule has 0 aromatic heterocycles. The Balaban J connectivity index is 3.30. The minimum absolute atomic E-state index is 0.207. The molecule has 0 saturated heterocycles. The van der Waals surface area contributed by atoms with Crippen LogP contribution in [-0.4, -0.2) is 21.3 Å². The lowest BCUT2D eigenvalue weighted by atomic mass is 9.93. The van der Waals surface area contributed by atoms with Crippen LogP contribution in [0.5, 0.6) is 17.2 Å². The third-order valence-corrected chi connectivity index (χ3v) is 4.70. The maximum Gasteiger partial charge on any atom is 0.130 e. The number of rotatable bonds is 7. The molecule has 1 unspecified atom stereocenters. The van der Waals surface area contributed by atoms with E-state index in [0.717, 1.165) is 35.7 Å². The van der Waals surface area contributed by atoms with Crippen LogP contribution in [0.4, 0.5) is 0 Å². The number of hydrogen-bond donors (Lipinski definition) is 0. The highest BCUT2D eigenvalue weighted by molar-refractivity contribution is 9.09. The molecule has 0 heterocycles. The summed E-state index contributed by atoms with van der Waals surface area (Å²) in [7, 11) is 4.98. The molecule has 0 aliphatic carbocycles. The molecule has 0 amide bonds. The van der Waals surface area contributed by atoms with Crippen LogP contribution in [0.25, 0.3) is 0 Å². The summed E-state index contributed by atoms with van der Waals surface area (Å²) in [6.45, 7) is 4.40. The fraction of sp³-hybridized carbons (Fsp3) is 0.600. The molecule has 1 rings (SSSR count). The van der Waals surface area contributed by atoms with Crippen LogP contribution in [-0.2, 0) is 0 Å². The van der Waals surface area contributed by atoms with Crippen molar-refractivity contribution in [1.82, 2.24) is 0 Å². The quantitative estimate of drug-likeness (QED) is 0.684. The second-order valence-corrected chi connectivity index (χ2v) is 5.41. The van der Waals surface area contributed by atoms with Crippen LogP contribution >= 0.6 is 15.9 Å². The summed E-state index contributed by atoms with van der Waals surface area (Å²) >= 11 is 3.80. The highest BCUT2D eigenvalue weighted by Crippen LogP contribution is 2.46. The van der Waals surface area contributed by atoms with Crippen molar-refractivity contribution in [1.29, 1.82) is 0 Å². The lowest BCUT2D eigenvalue weighted by Gasteiger charge is -2.24. The van der Waals surface area contributed by atoms with Crippen LogP contribution in [0, 0.1) is 5.92 Å². The highest BCUT2D eigenvalue weighted by Gasteiger charge is 2.25. The molecule has 0 bridgehead atoms. The summed E-state index contributed by atoms with van der Waals surface area (Å²) < 4.78 is 16.3. The molecule has 0 saturated carbocycles. The summed E-state index contributed by atoms with van der Waals surface area (Å²) in [6, 6.07) is 3.79. The van der Waals surface area contributed by atoms with Crippen molar-refractivity contribution >= 4 is 15.9 Å². The van der Waals surface area contributed by atoms with E-state index in [1.807, 2.05) is 12.1 Å². The van der Waals surface area contributed by atoms with Gasteiger partial charge in [-0.2, -0.15) is 0 Å². The lowest BCUT2D eigenvalue weighted by Crippen LogP contribution is -2.09. The third kappa shape index (κ3) is 3.56. The second kappa shape index (κ2) is 7.63. The Labute approximate surface area is 124 Å². The molecular formula is C15H23BrO3. The van der Waals surface area contributed by atoms with Gasteiger partial charge in [0.1, 0.15) is 17.2 Å².